The van der Waals surface area contributed by atoms with E-state index in [1.807, 2.05) is 6.92 Å². The minimum atomic E-state index is -0.109. The fourth-order valence-electron chi connectivity index (χ4n) is 4.25. The van der Waals surface area contributed by atoms with E-state index in [-0.39, 0.29) is 5.97 Å². The van der Waals surface area contributed by atoms with Crippen molar-refractivity contribution in [2.24, 2.45) is 11.8 Å². The number of ether oxygens (including phenoxy) is 3. The summed E-state index contributed by atoms with van der Waals surface area (Å²) in [6, 6.07) is 0. The standard InChI is InChI=1S/C17H21BrO4/c1-2-20-14(19)5-3-4-9-6-10(18)7-11-15-12(21-16(9)11)8-13-17(15)22-13/h6,11-13,15,17H,2-5,7-8H2,1H3/t11?,12?,13-,15?,17-/m1/s1. The van der Waals surface area contributed by atoms with Crippen LogP contribution < -0.4 is 0 Å². The number of fused-ring (bicyclic) bond motifs is 5. The van der Waals surface area contributed by atoms with Crippen molar-refractivity contribution in [3.63, 3.8) is 0 Å². The van der Waals surface area contributed by atoms with Gasteiger partial charge >= 0.3 is 5.97 Å². The molecule has 22 heavy (non-hydrogen) atoms. The third kappa shape index (κ3) is 2.52. The van der Waals surface area contributed by atoms with Gasteiger partial charge in [-0.1, -0.05) is 15.9 Å². The number of rotatable bonds is 5. The fourth-order valence-corrected chi connectivity index (χ4v) is 4.87. The third-order valence-corrected chi connectivity index (χ3v) is 5.72. The van der Waals surface area contributed by atoms with Crippen molar-refractivity contribution >= 4 is 21.9 Å². The van der Waals surface area contributed by atoms with Crippen molar-refractivity contribution in [1.82, 2.24) is 0 Å². The van der Waals surface area contributed by atoms with Crippen LogP contribution in [0.25, 0.3) is 0 Å². The number of epoxide rings is 1. The molecule has 2 saturated heterocycles. The van der Waals surface area contributed by atoms with E-state index in [9.17, 15) is 4.79 Å². The number of hydrogen-bond donors (Lipinski definition) is 0. The highest BCUT2D eigenvalue weighted by Gasteiger charge is 2.63. The van der Waals surface area contributed by atoms with E-state index in [2.05, 4.69) is 22.0 Å². The number of esters is 1. The van der Waals surface area contributed by atoms with Gasteiger partial charge in [-0.25, -0.2) is 0 Å². The molecule has 0 N–H and O–H groups in total. The number of halogens is 1. The lowest BCUT2D eigenvalue weighted by molar-refractivity contribution is -0.143. The Morgan fingerprint density at radius 2 is 2.32 bits per heavy atom. The fraction of sp³-hybridized carbons (Fsp3) is 0.706. The highest BCUT2D eigenvalue weighted by molar-refractivity contribution is 9.11. The molecule has 5 atom stereocenters. The molecule has 120 valence electrons. The average molecular weight is 369 g/mol. The summed E-state index contributed by atoms with van der Waals surface area (Å²) in [6.45, 7) is 2.29. The van der Waals surface area contributed by atoms with Crippen LogP contribution in [0.4, 0.5) is 0 Å². The van der Waals surface area contributed by atoms with Crippen LogP contribution >= 0.6 is 15.9 Å². The molecule has 0 bridgehead atoms. The zero-order chi connectivity index (χ0) is 15.3. The second-order valence-electron chi connectivity index (χ2n) is 6.56. The first-order chi connectivity index (χ1) is 10.7. The van der Waals surface area contributed by atoms with Gasteiger partial charge in [0.2, 0.25) is 0 Å². The second-order valence-corrected chi connectivity index (χ2v) is 7.58. The number of allylic oxidation sites excluding steroid dienone is 4. The number of carbonyl (C=O) groups excluding carboxylic acids is 1. The molecular formula is C17H21BrO4. The molecule has 2 aliphatic heterocycles. The van der Waals surface area contributed by atoms with E-state index in [1.165, 1.54) is 10.1 Å². The minimum absolute atomic E-state index is 0.109. The molecule has 0 aromatic rings. The SMILES string of the molecule is CCOC(=O)CCCC1=C2OC3C[C@H]4O[C@H]4C3C2CC(Br)=C1. The summed E-state index contributed by atoms with van der Waals surface area (Å²) in [5.74, 6) is 2.04. The van der Waals surface area contributed by atoms with E-state index in [4.69, 9.17) is 14.2 Å². The molecule has 3 fully saturated rings. The molecule has 4 rings (SSSR count). The summed E-state index contributed by atoms with van der Waals surface area (Å²) in [4.78, 5) is 11.5. The molecule has 0 amide bonds. The Balaban J connectivity index is 1.44. The first kappa shape index (κ1) is 14.8. The van der Waals surface area contributed by atoms with Gasteiger partial charge in [0.1, 0.15) is 11.9 Å². The Hall–Kier alpha value is -0.810. The molecule has 5 heteroatoms. The predicted octanol–water partition coefficient (Wildman–Crippen LogP) is 3.46. The van der Waals surface area contributed by atoms with E-state index in [1.54, 1.807) is 0 Å². The summed E-state index contributed by atoms with van der Waals surface area (Å²) >= 11 is 3.68. The van der Waals surface area contributed by atoms with Crippen LogP contribution in [0, 0.1) is 11.8 Å². The summed E-state index contributed by atoms with van der Waals surface area (Å²) < 4.78 is 18.2. The van der Waals surface area contributed by atoms with Gasteiger partial charge in [0.05, 0.1) is 18.8 Å². The quantitative estimate of drug-likeness (QED) is 0.550. The highest BCUT2D eigenvalue weighted by atomic mass is 79.9. The lowest BCUT2D eigenvalue weighted by Crippen LogP contribution is -2.21. The Bertz CT molecular complexity index is 553. The van der Waals surface area contributed by atoms with Crippen molar-refractivity contribution < 1.29 is 19.0 Å². The van der Waals surface area contributed by atoms with Crippen LogP contribution in [-0.4, -0.2) is 30.9 Å². The molecule has 0 aromatic carbocycles. The topological polar surface area (TPSA) is 48.1 Å². The lowest BCUT2D eigenvalue weighted by Gasteiger charge is -2.22. The molecule has 2 aliphatic carbocycles. The zero-order valence-corrected chi connectivity index (χ0v) is 14.3. The largest absolute Gasteiger partial charge is 0.494 e. The van der Waals surface area contributed by atoms with Gasteiger partial charge in [-0.3, -0.25) is 4.79 Å². The molecule has 0 spiro atoms. The van der Waals surface area contributed by atoms with Gasteiger partial charge in [0.25, 0.3) is 0 Å². The number of hydrogen-bond acceptors (Lipinski definition) is 4. The van der Waals surface area contributed by atoms with Gasteiger partial charge < -0.3 is 14.2 Å². The highest BCUT2D eigenvalue weighted by Crippen LogP contribution is 2.57. The molecule has 0 aromatic heterocycles. The molecule has 1 saturated carbocycles. The first-order valence-electron chi connectivity index (χ1n) is 8.24. The number of carbonyl (C=O) groups is 1. The van der Waals surface area contributed by atoms with Crippen molar-refractivity contribution in [2.75, 3.05) is 6.61 Å². The summed E-state index contributed by atoms with van der Waals surface area (Å²) in [5.41, 5.74) is 1.25. The van der Waals surface area contributed by atoms with Crippen LogP contribution in [0.2, 0.25) is 0 Å². The van der Waals surface area contributed by atoms with Crippen molar-refractivity contribution in [3.8, 4) is 0 Å². The monoisotopic (exact) mass is 368 g/mol. The zero-order valence-electron chi connectivity index (χ0n) is 12.7. The second kappa shape index (κ2) is 5.68. The van der Waals surface area contributed by atoms with Gasteiger partial charge in [0, 0.05) is 24.7 Å². The van der Waals surface area contributed by atoms with Crippen LogP contribution in [-0.2, 0) is 19.0 Å². The van der Waals surface area contributed by atoms with Gasteiger partial charge in [-0.05, 0) is 42.3 Å². The minimum Gasteiger partial charge on any atom is -0.494 e. The maximum atomic E-state index is 11.5. The lowest BCUT2D eigenvalue weighted by atomic mass is 9.82. The summed E-state index contributed by atoms with van der Waals surface area (Å²) in [5, 5.41) is 0. The van der Waals surface area contributed by atoms with Crippen molar-refractivity contribution in [1.29, 1.82) is 0 Å². The van der Waals surface area contributed by atoms with Crippen LogP contribution in [0.1, 0.15) is 39.0 Å². The molecular weight excluding hydrogens is 348 g/mol. The Morgan fingerprint density at radius 1 is 1.45 bits per heavy atom. The first-order valence-corrected chi connectivity index (χ1v) is 9.03. The molecule has 0 radical (unpaired) electrons. The van der Waals surface area contributed by atoms with Crippen LogP contribution in [0.15, 0.2) is 21.9 Å². The Labute approximate surface area is 139 Å². The van der Waals surface area contributed by atoms with Crippen molar-refractivity contribution in [3.05, 3.63) is 21.9 Å². The normalized spacial score (nSPS) is 37.9. The summed E-state index contributed by atoms with van der Waals surface area (Å²) in [7, 11) is 0. The van der Waals surface area contributed by atoms with Crippen molar-refractivity contribution in [2.45, 2.75) is 57.3 Å². The molecule has 4 nitrogen and oxygen atoms in total. The third-order valence-electron chi connectivity index (χ3n) is 5.17. The van der Waals surface area contributed by atoms with Gasteiger partial charge in [-0.15, -0.1) is 0 Å². The average Bonchev–Trinajstić information content (AvgIpc) is 2.98. The van der Waals surface area contributed by atoms with Crippen LogP contribution in [0.5, 0.6) is 0 Å². The smallest absolute Gasteiger partial charge is 0.305 e. The molecule has 4 aliphatic rings. The summed E-state index contributed by atoms with van der Waals surface area (Å²) in [6.07, 6.45) is 7.62. The van der Waals surface area contributed by atoms with Gasteiger partial charge in [-0.2, -0.15) is 0 Å². The Morgan fingerprint density at radius 3 is 3.14 bits per heavy atom. The maximum Gasteiger partial charge on any atom is 0.305 e. The Kier molecular flexibility index (Phi) is 3.81. The predicted molar refractivity (Wildman–Crippen MR) is 84.3 cm³/mol. The molecule has 3 unspecified atom stereocenters. The van der Waals surface area contributed by atoms with Crippen LogP contribution in [0.3, 0.4) is 0 Å². The molecule has 2 heterocycles. The van der Waals surface area contributed by atoms with Gasteiger partial charge in [0.15, 0.2) is 0 Å². The van der Waals surface area contributed by atoms with E-state index in [0.29, 0.717) is 43.2 Å². The van der Waals surface area contributed by atoms with E-state index in [0.717, 1.165) is 31.4 Å². The van der Waals surface area contributed by atoms with E-state index >= 15 is 0 Å². The van der Waals surface area contributed by atoms with E-state index < -0.39 is 0 Å². The maximum absolute atomic E-state index is 11.5.